The van der Waals surface area contributed by atoms with Crippen molar-refractivity contribution in [2.24, 2.45) is 0 Å². The van der Waals surface area contributed by atoms with Gasteiger partial charge in [-0.15, -0.1) is 0 Å². The van der Waals surface area contributed by atoms with Crippen molar-refractivity contribution in [3.63, 3.8) is 0 Å². The molecule has 34 heavy (non-hydrogen) atoms. The summed E-state index contributed by atoms with van der Waals surface area (Å²) < 4.78 is 0. The van der Waals surface area contributed by atoms with E-state index < -0.39 is 0 Å². The summed E-state index contributed by atoms with van der Waals surface area (Å²) in [6, 6.07) is 17.8. The second-order valence-electron chi connectivity index (χ2n) is 9.87. The molecular weight excluding hydrogens is 416 g/mol. The van der Waals surface area contributed by atoms with Crippen LogP contribution in [0.2, 0.25) is 0 Å². The van der Waals surface area contributed by atoms with Crippen molar-refractivity contribution in [1.82, 2.24) is 9.80 Å². The monoisotopic (exact) mass is 450 g/mol. The van der Waals surface area contributed by atoms with Gasteiger partial charge in [0.2, 0.25) is 0 Å². The van der Waals surface area contributed by atoms with Crippen LogP contribution in [-0.2, 0) is 6.54 Å². The maximum Gasteiger partial charge on any atom is 0.117 e. The van der Waals surface area contributed by atoms with E-state index in [9.17, 15) is 5.26 Å². The molecule has 1 saturated heterocycles. The van der Waals surface area contributed by atoms with Crippen LogP contribution >= 0.6 is 0 Å². The molecule has 0 bridgehead atoms. The van der Waals surface area contributed by atoms with Crippen LogP contribution in [0.15, 0.2) is 77.3 Å². The van der Waals surface area contributed by atoms with E-state index in [2.05, 4.69) is 90.6 Å². The largest absolute Gasteiger partial charge is 0.355 e. The number of aryl methyl sites for hydroxylation is 3. The van der Waals surface area contributed by atoms with E-state index in [4.69, 9.17) is 0 Å². The number of hydrogen-bond donors (Lipinski definition) is 0. The molecule has 2 aliphatic heterocycles. The van der Waals surface area contributed by atoms with Crippen LogP contribution in [0.5, 0.6) is 0 Å². The van der Waals surface area contributed by atoms with E-state index in [1.165, 1.54) is 39.2 Å². The molecule has 0 amide bonds. The van der Waals surface area contributed by atoms with Gasteiger partial charge < -0.3 is 4.90 Å². The van der Waals surface area contributed by atoms with Gasteiger partial charge in [-0.05, 0) is 79.5 Å². The lowest BCUT2D eigenvalue weighted by Gasteiger charge is -2.45. The number of fused-ring (bicyclic) bond motifs is 1. The molecule has 5 rings (SSSR count). The van der Waals surface area contributed by atoms with Crippen LogP contribution < -0.4 is 4.90 Å². The first-order valence-corrected chi connectivity index (χ1v) is 12.4. The lowest BCUT2D eigenvalue weighted by atomic mass is 9.94. The molecule has 4 heteroatoms. The van der Waals surface area contributed by atoms with Gasteiger partial charge in [0.15, 0.2) is 0 Å². The van der Waals surface area contributed by atoms with Crippen molar-refractivity contribution in [3.8, 4) is 6.07 Å². The maximum absolute atomic E-state index is 10.1. The highest BCUT2D eigenvalue weighted by molar-refractivity contribution is 5.74. The fourth-order valence-corrected chi connectivity index (χ4v) is 5.68. The Morgan fingerprint density at radius 3 is 2.26 bits per heavy atom. The minimum Gasteiger partial charge on any atom is -0.355 e. The second kappa shape index (κ2) is 9.16. The van der Waals surface area contributed by atoms with E-state index >= 15 is 0 Å². The molecule has 2 aromatic rings. The SMILES string of the molecule is C=C1C(C#N)=C2CCCC2=C(N2CCN(Cc3ccccc3)CC2)N1c1cc(C)c(C)cc1C. The fraction of sp³-hybridized carbons (Fsp3) is 0.367. The van der Waals surface area contributed by atoms with E-state index in [1.54, 1.807) is 0 Å². The van der Waals surface area contributed by atoms with Crippen molar-refractivity contribution < 1.29 is 0 Å². The van der Waals surface area contributed by atoms with Crippen LogP contribution in [0.25, 0.3) is 0 Å². The molecule has 1 aliphatic carbocycles. The number of piperazine rings is 1. The highest BCUT2D eigenvalue weighted by Gasteiger charge is 2.37. The number of hydrogen-bond acceptors (Lipinski definition) is 4. The standard InChI is InChI=1S/C30H34N4/c1-21-17-23(3)29(18-22(21)2)34-24(4)28(19-31)26-11-8-12-27(26)30(34)33-15-13-32(14-16-33)20-25-9-6-5-7-10-25/h5-7,9-10,17-18H,4,8,11-16,20H2,1-3H3. The van der Waals surface area contributed by atoms with Gasteiger partial charge in [-0.3, -0.25) is 9.80 Å². The zero-order valence-corrected chi connectivity index (χ0v) is 20.7. The Morgan fingerprint density at radius 1 is 0.882 bits per heavy atom. The molecular formula is C30H34N4. The van der Waals surface area contributed by atoms with Gasteiger partial charge in [0.25, 0.3) is 0 Å². The van der Waals surface area contributed by atoms with Crippen LogP contribution in [-0.4, -0.2) is 36.0 Å². The maximum atomic E-state index is 10.1. The number of allylic oxidation sites excluding steroid dienone is 3. The summed E-state index contributed by atoms with van der Waals surface area (Å²) in [5.74, 6) is 1.27. The number of nitriles is 1. The Bertz CT molecular complexity index is 1220. The average molecular weight is 451 g/mol. The Hall–Kier alpha value is -3.29. The molecule has 0 radical (unpaired) electrons. The number of rotatable bonds is 4. The molecule has 174 valence electrons. The lowest BCUT2D eigenvalue weighted by molar-refractivity contribution is 0.150. The molecule has 0 unspecified atom stereocenters. The summed E-state index contributed by atoms with van der Waals surface area (Å²) in [5.41, 5.74) is 10.5. The van der Waals surface area contributed by atoms with Crippen molar-refractivity contribution >= 4 is 5.69 Å². The summed E-state index contributed by atoms with van der Waals surface area (Å²) in [4.78, 5) is 7.40. The van der Waals surface area contributed by atoms with Crippen LogP contribution in [0, 0.1) is 32.1 Å². The summed E-state index contributed by atoms with van der Waals surface area (Å²) in [6.45, 7) is 16.0. The van der Waals surface area contributed by atoms with Crippen molar-refractivity contribution in [2.75, 3.05) is 31.1 Å². The number of benzene rings is 2. The van der Waals surface area contributed by atoms with Gasteiger partial charge >= 0.3 is 0 Å². The predicted octanol–water partition coefficient (Wildman–Crippen LogP) is 5.98. The van der Waals surface area contributed by atoms with E-state index in [-0.39, 0.29) is 0 Å². The number of nitrogens with zero attached hydrogens (tertiary/aromatic N) is 4. The molecule has 2 heterocycles. The zero-order chi connectivity index (χ0) is 23.8. The minimum atomic E-state index is 0.775. The average Bonchev–Trinajstić information content (AvgIpc) is 3.31. The van der Waals surface area contributed by atoms with Crippen LogP contribution in [0.4, 0.5) is 5.69 Å². The van der Waals surface area contributed by atoms with Crippen molar-refractivity contribution in [2.45, 2.75) is 46.6 Å². The van der Waals surface area contributed by atoms with E-state index in [0.29, 0.717) is 0 Å². The van der Waals surface area contributed by atoms with E-state index in [1.807, 2.05) is 0 Å². The summed E-state index contributed by atoms with van der Waals surface area (Å²) in [7, 11) is 0. The Kier molecular flexibility index (Phi) is 6.06. The molecule has 0 aromatic heterocycles. The topological polar surface area (TPSA) is 33.5 Å². The molecule has 0 spiro atoms. The highest BCUT2D eigenvalue weighted by atomic mass is 15.4. The summed E-state index contributed by atoms with van der Waals surface area (Å²) in [5, 5.41) is 10.1. The zero-order valence-electron chi connectivity index (χ0n) is 20.7. The first kappa shape index (κ1) is 22.5. The Labute approximate surface area is 204 Å². The van der Waals surface area contributed by atoms with Gasteiger partial charge in [0, 0.05) is 32.7 Å². The van der Waals surface area contributed by atoms with Crippen molar-refractivity contribution in [1.29, 1.82) is 5.26 Å². The molecule has 2 aromatic carbocycles. The molecule has 2 fully saturated rings. The molecule has 0 N–H and O–H groups in total. The van der Waals surface area contributed by atoms with Gasteiger partial charge in [-0.25, -0.2) is 0 Å². The molecule has 0 atom stereocenters. The van der Waals surface area contributed by atoms with Gasteiger partial charge in [0.05, 0.1) is 17.0 Å². The summed E-state index contributed by atoms with van der Waals surface area (Å²) >= 11 is 0. The third-order valence-corrected chi connectivity index (χ3v) is 7.65. The summed E-state index contributed by atoms with van der Waals surface area (Å²) in [6.07, 6.45) is 3.13. The fourth-order valence-electron chi connectivity index (χ4n) is 5.68. The van der Waals surface area contributed by atoms with E-state index in [0.717, 1.165) is 68.9 Å². The third-order valence-electron chi connectivity index (χ3n) is 7.65. The third kappa shape index (κ3) is 3.95. The minimum absolute atomic E-state index is 0.775. The Morgan fingerprint density at radius 2 is 1.56 bits per heavy atom. The molecule has 4 nitrogen and oxygen atoms in total. The predicted molar refractivity (Wildman–Crippen MR) is 139 cm³/mol. The quantitative estimate of drug-likeness (QED) is 0.574. The highest BCUT2D eigenvalue weighted by Crippen LogP contribution is 2.46. The lowest BCUT2D eigenvalue weighted by Crippen LogP contribution is -2.49. The molecule has 1 saturated carbocycles. The second-order valence-corrected chi connectivity index (χ2v) is 9.87. The normalized spacial score (nSPS) is 19.1. The Balaban J connectivity index is 1.50. The first-order valence-electron chi connectivity index (χ1n) is 12.4. The van der Waals surface area contributed by atoms with Crippen LogP contribution in [0.3, 0.4) is 0 Å². The van der Waals surface area contributed by atoms with Gasteiger partial charge in [0.1, 0.15) is 11.9 Å². The number of anilines is 1. The van der Waals surface area contributed by atoms with Gasteiger partial charge in [-0.2, -0.15) is 5.26 Å². The van der Waals surface area contributed by atoms with Crippen LogP contribution in [0.1, 0.15) is 41.5 Å². The molecule has 3 aliphatic rings. The van der Waals surface area contributed by atoms with Gasteiger partial charge in [-0.1, -0.05) is 43.0 Å². The smallest absolute Gasteiger partial charge is 0.117 e. The van der Waals surface area contributed by atoms with Crippen molar-refractivity contribution in [3.05, 3.63) is 99.5 Å². The first-order chi connectivity index (χ1) is 16.5.